The van der Waals surface area contributed by atoms with E-state index < -0.39 is 15.1 Å². The van der Waals surface area contributed by atoms with Crippen molar-refractivity contribution in [2.75, 3.05) is 5.73 Å². The largest absolute Gasteiger partial charge is 0.399 e. The van der Waals surface area contributed by atoms with E-state index in [9.17, 15) is 8.42 Å². The Labute approximate surface area is 101 Å². The Hall–Kier alpha value is -1.75. The van der Waals surface area contributed by atoms with Crippen LogP contribution in [0.1, 0.15) is 6.42 Å². The van der Waals surface area contributed by atoms with Gasteiger partial charge >= 0.3 is 0 Å². The van der Waals surface area contributed by atoms with Crippen LogP contribution < -0.4 is 11.5 Å². The Morgan fingerprint density at radius 2 is 1.76 bits per heavy atom. The smallest absolute Gasteiger partial charge is 0.185 e. The molecule has 0 bridgehead atoms. The van der Waals surface area contributed by atoms with Crippen LogP contribution >= 0.6 is 0 Å². The van der Waals surface area contributed by atoms with Gasteiger partial charge in [-0.3, -0.25) is 0 Å². The van der Waals surface area contributed by atoms with Gasteiger partial charge in [0, 0.05) is 11.4 Å². The van der Waals surface area contributed by atoms with Gasteiger partial charge in [0.15, 0.2) is 9.84 Å². The highest BCUT2D eigenvalue weighted by Gasteiger charge is 2.25. The van der Waals surface area contributed by atoms with Crippen molar-refractivity contribution in [1.82, 2.24) is 0 Å². The Morgan fingerprint density at radius 3 is 2.29 bits per heavy atom. The average molecular weight is 250 g/mol. The molecule has 0 aliphatic heterocycles. The Morgan fingerprint density at radius 1 is 1.12 bits per heavy atom. The molecule has 17 heavy (non-hydrogen) atoms. The molecular formula is C12H14N2O2S. The zero-order valence-electron chi connectivity index (χ0n) is 9.21. The van der Waals surface area contributed by atoms with Crippen LogP contribution in [0.4, 0.5) is 5.69 Å². The van der Waals surface area contributed by atoms with Crippen molar-refractivity contribution in [2.24, 2.45) is 5.73 Å². The van der Waals surface area contributed by atoms with Gasteiger partial charge in [-0.05, 0) is 36.8 Å². The maximum absolute atomic E-state index is 12.2. The van der Waals surface area contributed by atoms with Crippen LogP contribution in [-0.4, -0.2) is 13.7 Å². The van der Waals surface area contributed by atoms with Crippen molar-refractivity contribution in [3.05, 3.63) is 48.2 Å². The third kappa shape index (κ3) is 2.34. The van der Waals surface area contributed by atoms with Gasteiger partial charge in [-0.1, -0.05) is 12.2 Å². The molecule has 0 saturated carbocycles. The molecule has 4 nitrogen and oxygen atoms in total. The van der Waals surface area contributed by atoms with E-state index in [1.165, 1.54) is 12.1 Å². The predicted octanol–water partition coefficient (Wildman–Crippen LogP) is 1.21. The summed E-state index contributed by atoms with van der Waals surface area (Å²) < 4.78 is 24.5. The first-order valence-corrected chi connectivity index (χ1v) is 6.78. The van der Waals surface area contributed by atoms with Gasteiger partial charge in [-0.2, -0.15) is 0 Å². The first-order valence-electron chi connectivity index (χ1n) is 5.23. The SMILES string of the molecule is NC1=CCC(S(=O)(=O)c2ccc(N)cc2)C=C1. The maximum atomic E-state index is 12.2. The minimum Gasteiger partial charge on any atom is -0.399 e. The summed E-state index contributed by atoms with van der Waals surface area (Å²) in [5, 5.41) is -0.543. The van der Waals surface area contributed by atoms with E-state index in [0.29, 0.717) is 17.8 Å². The van der Waals surface area contributed by atoms with E-state index in [2.05, 4.69) is 0 Å². The van der Waals surface area contributed by atoms with Gasteiger partial charge in [0.05, 0.1) is 10.1 Å². The van der Waals surface area contributed by atoms with Crippen LogP contribution in [0.3, 0.4) is 0 Å². The highest BCUT2D eigenvalue weighted by molar-refractivity contribution is 7.92. The predicted molar refractivity (Wildman–Crippen MR) is 67.9 cm³/mol. The molecule has 5 heteroatoms. The van der Waals surface area contributed by atoms with Crippen LogP contribution in [0.15, 0.2) is 53.1 Å². The molecule has 0 aromatic heterocycles. The number of anilines is 1. The number of allylic oxidation sites excluding steroid dienone is 2. The van der Waals surface area contributed by atoms with Crippen molar-refractivity contribution in [3.8, 4) is 0 Å². The topological polar surface area (TPSA) is 86.2 Å². The van der Waals surface area contributed by atoms with E-state index >= 15 is 0 Å². The average Bonchev–Trinajstić information content (AvgIpc) is 2.30. The summed E-state index contributed by atoms with van der Waals surface area (Å²) in [4.78, 5) is 0.287. The molecule has 0 saturated heterocycles. The summed E-state index contributed by atoms with van der Waals surface area (Å²) in [7, 11) is -3.34. The summed E-state index contributed by atoms with van der Waals surface area (Å²) in [6.45, 7) is 0. The van der Waals surface area contributed by atoms with E-state index in [4.69, 9.17) is 11.5 Å². The third-order valence-corrected chi connectivity index (χ3v) is 4.77. The molecule has 0 radical (unpaired) electrons. The molecule has 0 spiro atoms. The molecule has 0 amide bonds. The van der Waals surface area contributed by atoms with Crippen molar-refractivity contribution in [1.29, 1.82) is 0 Å². The van der Waals surface area contributed by atoms with Gasteiger partial charge in [0.2, 0.25) is 0 Å². The fourth-order valence-corrected chi connectivity index (χ4v) is 3.18. The summed E-state index contributed by atoms with van der Waals surface area (Å²) in [6.07, 6.45) is 5.39. The lowest BCUT2D eigenvalue weighted by atomic mass is 10.1. The van der Waals surface area contributed by atoms with E-state index in [0.717, 1.165) is 0 Å². The van der Waals surface area contributed by atoms with Crippen LogP contribution in [0.25, 0.3) is 0 Å². The van der Waals surface area contributed by atoms with Crippen LogP contribution in [0.2, 0.25) is 0 Å². The highest BCUT2D eigenvalue weighted by Crippen LogP contribution is 2.23. The van der Waals surface area contributed by atoms with Crippen molar-refractivity contribution in [3.63, 3.8) is 0 Å². The molecule has 1 aromatic rings. The lowest BCUT2D eigenvalue weighted by Crippen LogP contribution is -2.21. The number of rotatable bonds is 2. The van der Waals surface area contributed by atoms with Crippen LogP contribution in [0, 0.1) is 0 Å². The molecule has 4 N–H and O–H groups in total. The first kappa shape index (κ1) is 11.7. The Kier molecular flexibility index (Phi) is 2.93. The van der Waals surface area contributed by atoms with Gasteiger partial charge in [-0.25, -0.2) is 8.42 Å². The summed E-state index contributed by atoms with van der Waals surface area (Å²) in [6, 6.07) is 6.23. The lowest BCUT2D eigenvalue weighted by molar-refractivity contribution is 0.588. The molecule has 2 rings (SSSR count). The fraction of sp³-hybridized carbons (Fsp3) is 0.167. The van der Waals surface area contributed by atoms with E-state index in [1.807, 2.05) is 0 Å². The van der Waals surface area contributed by atoms with Gasteiger partial charge < -0.3 is 11.5 Å². The minimum atomic E-state index is -3.34. The number of hydrogen-bond donors (Lipinski definition) is 2. The van der Waals surface area contributed by atoms with Crippen LogP contribution in [0.5, 0.6) is 0 Å². The summed E-state index contributed by atoms with van der Waals surface area (Å²) in [5.41, 5.74) is 12.2. The van der Waals surface area contributed by atoms with Crippen LogP contribution in [-0.2, 0) is 9.84 Å². The van der Waals surface area contributed by atoms with Crippen molar-refractivity contribution < 1.29 is 8.42 Å². The minimum absolute atomic E-state index is 0.287. The molecule has 0 heterocycles. The molecule has 1 unspecified atom stereocenters. The second kappa shape index (κ2) is 4.25. The summed E-state index contributed by atoms with van der Waals surface area (Å²) in [5.74, 6) is 0. The number of nitrogens with two attached hydrogens (primary N) is 2. The molecule has 1 aromatic carbocycles. The van der Waals surface area contributed by atoms with Gasteiger partial charge in [0.25, 0.3) is 0 Å². The number of benzene rings is 1. The fourth-order valence-electron chi connectivity index (χ4n) is 1.68. The normalized spacial score (nSPS) is 20.0. The van der Waals surface area contributed by atoms with E-state index in [1.54, 1.807) is 30.4 Å². The zero-order chi connectivity index (χ0) is 12.5. The summed E-state index contributed by atoms with van der Waals surface area (Å²) >= 11 is 0. The Bertz CT molecular complexity index is 571. The van der Waals surface area contributed by atoms with Gasteiger partial charge in [-0.15, -0.1) is 0 Å². The highest BCUT2D eigenvalue weighted by atomic mass is 32.2. The zero-order valence-corrected chi connectivity index (χ0v) is 10.0. The van der Waals surface area contributed by atoms with E-state index in [-0.39, 0.29) is 4.90 Å². The molecule has 1 atom stereocenters. The third-order valence-electron chi connectivity index (χ3n) is 2.70. The molecule has 1 aliphatic rings. The Balaban J connectivity index is 2.32. The quantitative estimate of drug-likeness (QED) is 0.772. The molecular weight excluding hydrogens is 236 g/mol. The maximum Gasteiger partial charge on any atom is 0.185 e. The second-order valence-corrected chi connectivity index (χ2v) is 6.12. The standard InChI is InChI=1S/C12H14N2O2S/c13-9-1-5-11(6-2-9)17(15,16)12-7-3-10(14)4-8-12/h1-7,12H,8,13-14H2. The van der Waals surface area contributed by atoms with Crippen molar-refractivity contribution in [2.45, 2.75) is 16.6 Å². The number of nitrogen functional groups attached to an aromatic ring is 1. The second-order valence-electron chi connectivity index (χ2n) is 3.95. The lowest BCUT2D eigenvalue weighted by Gasteiger charge is -2.15. The first-order chi connectivity index (χ1) is 8.00. The number of hydrogen-bond acceptors (Lipinski definition) is 4. The monoisotopic (exact) mass is 250 g/mol. The molecule has 1 aliphatic carbocycles. The van der Waals surface area contributed by atoms with Gasteiger partial charge in [0.1, 0.15) is 0 Å². The van der Waals surface area contributed by atoms with Crippen molar-refractivity contribution >= 4 is 15.5 Å². The molecule has 90 valence electrons. The molecule has 0 fully saturated rings. The number of sulfone groups is 1.